The number of hydrogen-bond donors (Lipinski definition) is 0. The molecule has 1 aromatic carbocycles. The van der Waals surface area contributed by atoms with Gasteiger partial charge in [-0.15, -0.1) is 11.8 Å². The third-order valence-corrected chi connectivity index (χ3v) is 5.22. The van der Waals surface area contributed by atoms with Crippen LogP contribution in [0.1, 0.15) is 17.9 Å². The molecule has 0 saturated carbocycles. The second-order valence-electron chi connectivity index (χ2n) is 5.48. The maximum Gasteiger partial charge on any atom is 0.322 e. The number of nitrogens with zero attached hydrogens (tertiary/aromatic N) is 2. The van der Waals surface area contributed by atoms with Gasteiger partial charge < -0.3 is 9.64 Å². The van der Waals surface area contributed by atoms with Gasteiger partial charge in [-0.1, -0.05) is 12.1 Å². The number of halogens is 1. The van der Waals surface area contributed by atoms with Crippen LogP contribution >= 0.6 is 11.8 Å². The molecule has 1 aromatic rings. The fraction of sp³-hybridized carbons (Fsp3) is 0.500. The molecule has 2 atom stereocenters. The zero-order valence-corrected chi connectivity index (χ0v) is 14.3. The molecular weight excluding hydrogens is 319 g/mol. The highest BCUT2D eigenvalue weighted by Crippen LogP contribution is 2.37. The van der Waals surface area contributed by atoms with Crippen molar-refractivity contribution < 1.29 is 18.7 Å². The summed E-state index contributed by atoms with van der Waals surface area (Å²) >= 11 is 1.66. The Morgan fingerprint density at radius 2 is 2.09 bits per heavy atom. The van der Waals surface area contributed by atoms with E-state index in [2.05, 4.69) is 0 Å². The molecule has 23 heavy (non-hydrogen) atoms. The van der Waals surface area contributed by atoms with Crippen molar-refractivity contribution in [2.24, 2.45) is 0 Å². The molecule has 0 N–H and O–H groups in total. The van der Waals surface area contributed by atoms with Crippen LogP contribution in [0.15, 0.2) is 24.3 Å². The molecule has 5 nitrogen and oxygen atoms in total. The molecule has 0 bridgehead atoms. The van der Waals surface area contributed by atoms with Crippen molar-refractivity contribution in [3.8, 4) is 0 Å². The van der Waals surface area contributed by atoms with Gasteiger partial charge in [-0.05, 0) is 31.7 Å². The lowest BCUT2D eigenvalue weighted by molar-refractivity contribution is -0.146. The van der Waals surface area contributed by atoms with Gasteiger partial charge in [0.2, 0.25) is 5.91 Å². The van der Waals surface area contributed by atoms with E-state index in [0.29, 0.717) is 6.54 Å². The first-order chi connectivity index (χ1) is 10.9. The minimum Gasteiger partial charge on any atom is -0.468 e. The number of carbonyl (C=O) groups is 2. The van der Waals surface area contributed by atoms with Crippen LogP contribution in [-0.2, 0) is 14.3 Å². The summed E-state index contributed by atoms with van der Waals surface area (Å²) in [5.74, 6) is 0.124. The highest BCUT2D eigenvalue weighted by Gasteiger charge is 2.32. The van der Waals surface area contributed by atoms with E-state index in [-0.39, 0.29) is 29.6 Å². The van der Waals surface area contributed by atoms with Gasteiger partial charge >= 0.3 is 5.97 Å². The Labute approximate surface area is 139 Å². The molecule has 2 unspecified atom stereocenters. The van der Waals surface area contributed by atoms with Gasteiger partial charge in [-0.25, -0.2) is 4.39 Å². The van der Waals surface area contributed by atoms with E-state index in [1.165, 1.54) is 19.2 Å². The zero-order valence-electron chi connectivity index (χ0n) is 13.5. The number of carbonyl (C=O) groups excluding carboxylic acids is 2. The van der Waals surface area contributed by atoms with Gasteiger partial charge in [0.25, 0.3) is 0 Å². The fourth-order valence-corrected chi connectivity index (χ4v) is 3.70. The minimum atomic E-state index is -0.483. The average molecular weight is 340 g/mol. The van der Waals surface area contributed by atoms with Crippen LogP contribution in [0, 0.1) is 5.82 Å². The number of rotatable bonds is 5. The van der Waals surface area contributed by atoms with E-state index in [0.717, 1.165) is 11.3 Å². The molecule has 1 fully saturated rings. The number of benzene rings is 1. The molecule has 0 aliphatic carbocycles. The normalized spacial score (nSPS) is 19.0. The lowest BCUT2D eigenvalue weighted by Gasteiger charge is -2.28. The number of amides is 1. The molecule has 1 heterocycles. The number of methoxy groups -OCH3 is 1. The monoisotopic (exact) mass is 340 g/mol. The molecule has 1 saturated heterocycles. The summed E-state index contributed by atoms with van der Waals surface area (Å²) in [6, 6.07) is 5.74. The lowest BCUT2D eigenvalue weighted by Crippen LogP contribution is -2.44. The fourth-order valence-electron chi connectivity index (χ4n) is 2.42. The topological polar surface area (TPSA) is 49.9 Å². The summed E-state index contributed by atoms with van der Waals surface area (Å²) in [5.41, 5.74) is 0.908. The largest absolute Gasteiger partial charge is 0.468 e. The standard InChI is InChI=1S/C16H21FN2O3S/c1-11(16(21)22-3)18(2)10-14(20)19-8-9-23-15(19)12-4-6-13(17)7-5-12/h4-7,11,15H,8-10H2,1-3H3. The summed E-state index contributed by atoms with van der Waals surface area (Å²) in [6.07, 6.45) is 0. The van der Waals surface area contributed by atoms with Gasteiger partial charge in [0.1, 0.15) is 17.2 Å². The van der Waals surface area contributed by atoms with E-state index in [1.54, 1.807) is 47.7 Å². The molecular formula is C16H21FN2O3S. The molecule has 1 amide bonds. The van der Waals surface area contributed by atoms with E-state index >= 15 is 0 Å². The summed E-state index contributed by atoms with van der Waals surface area (Å²) in [5, 5.41) is -0.107. The molecule has 1 aliphatic heterocycles. The SMILES string of the molecule is COC(=O)C(C)N(C)CC(=O)N1CCSC1c1ccc(F)cc1. The van der Waals surface area contributed by atoms with Gasteiger partial charge in [-0.3, -0.25) is 14.5 Å². The van der Waals surface area contributed by atoms with Crippen molar-refractivity contribution >= 4 is 23.6 Å². The Kier molecular flexibility index (Phi) is 6.01. The van der Waals surface area contributed by atoms with E-state index < -0.39 is 6.04 Å². The summed E-state index contributed by atoms with van der Waals surface area (Å²) < 4.78 is 17.8. The first-order valence-electron chi connectivity index (χ1n) is 7.38. The summed E-state index contributed by atoms with van der Waals surface area (Å²) in [6.45, 7) is 2.48. The first kappa shape index (κ1) is 17.7. The number of ether oxygens (including phenoxy) is 1. The van der Waals surface area contributed by atoms with Crippen molar-refractivity contribution in [2.45, 2.75) is 18.3 Å². The van der Waals surface area contributed by atoms with Crippen molar-refractivity contribution in [2.75, 3.05) is 33.0 Å². The van der Waals surface area contributed by atoms with E-state index in [9.17, 15) is 14.0 Å². The second-order valence-corrected chi connectivity index (χ2v) is 6.66. The molecule has 0 radical (unpaired) electrons. The number of esters is 1. The van der Waals surface area contributed by atoms with E-state index in [1.807, 2.05) is 0 Å². The maximum absolute atomic E-state index is 13.1. The van der Waals surface area contributed by atoms with Gasteiger partial charge in [-0.2, -0.15) is 0 Å². The average Bonchev–Trinajstić information content (AvgIpc) is 3.03. The first-order valence-corrected chi connectivity index (χ1v) is 8.43. The van der Waals surface area contributed by atoms with Crippen LogP contribution in [0.25, 0.3) is 0 Å². The Morgan fingerprint density at radius 3 is 2.70 bits per heavy atom. The molecule has 0 spiro atoms. The smallest absolute Gasteiger partial charge is 0.322 e. The van der Waals surface area contributed by atoms with Crippen molar-refractivity contribution in [1.82, 2.24) is 9.80 Å². The third kappa shape index (κ3) is 4.23. The predicted molar refractivity (Wildman–Crippen MR) is 87.4 cm³/mol. The van der Waals surface area contributed by atoms with Crippen molar-refractivity contribution in [1.29, 1.82) is 0 Å². The highest BCUT2D eigenvalue weighted by molar-refractivity contribution is 7.99. The quantitative estimate of drug-likeness (QED) is 0.766. The zero-order chi connectivity index (χ0) is 17.0. The minimum absolute atomic E-state index is 0.0532. The molecule has 1 aliphatic rings. The Balaban J connectivity index is 2.03. The Hall–Kier alpha value is -1.60. The summed E-state index contributed by atoms with van der Waals surface area (Å²) in [4.78, 5) is 27.6. The molecule has 7 heteroatoms. The highest BCUT2D eigenvalue weighted by atomic mass is 32.2. The van der Waals surface area contributed by atoms with Crippen molar-refractivity contribution in [3.63, 3.8) is 0 Å². The predicted octanol–water partition coefficient (Wildman–Crippen LogP) is 1.89. The molecule has 126 valence electrons. The summed E-state index contributed by atoms with van der Waals surface area (Å²) in [7, 11) is 3.05. The Bertz CT molecular complexity index is 567. The van der Waals surface area contributed by atoms with Gasteiger partial charge in [0.15, 0.2) is 0 Å². The number of likely N-dealkylation sites (N-methyl/N-ethyl adjacent to an activating group) is 1. The van der Waals surface area contributed by atoms with E-state index in [4.69, 9.17) is 4.74 Å². The van der Waals surface area contributed by atoms with Crippen LogP contribution in [0.2, 0.25) is 0 Å². The lowest BCUT2D eigenvalue weighted by atomic mass is 10.2. The number of hydrogen-bond acceptors (Lipinski definition) is 5. The van der Waals surface area contributed by atoms with Gasteiger partial charge in [0, 0.05) is 12.3 Å². The maximum atomic E-state index is 13.1. The van der Waals surface area contributed by atoms with Crippen LogP contribution in [-0.4, -0.2) is 60.7 Å². The number of thioether (sulfide) groups is 1. The van der Waals surface area contributed by atoms with Crippen LogP contribution in [0.5, 0.6) is 0 Å². The Morgan fingerprint density at radius 1 is 1.43 bits per heavy atom. The molecule has 0 aromatic heterocycles. The molecule has 2 rings (SSSR count). The van der Waals surface area contributed by atoms with Crippen LogP contribution in [0.3, 0.4) is 0 Å². The third-order valence-electron chi connectivity index (χ3n) is 3.95. The van der Waals surface area contributed by atoms with Gasteiger partial charge in [0.05, 0.1) is 13.7 Å². The second kappa shape index (κ2) is 7.79. The van der Waals surface area contributed by atoms with Crippen LogP contribution < -0.4 is 0 Å². The van der Waals surface area contributed by atoms with Crippen LogP contribution in [0.4, 0.5) is 4.39 Å². The van der Waals surface area contributed by atoms with Crippen molar-refractivity contribution in [3.05, 3.63) is 35.6 Å².